The van der Waals surface area contributed by atoms with Crippen LogP contribution < -0.4 is 9.47 Å². The molecule has 1 N–H and O–H groups in total. The van der Waals surface area contributed by atoms with E-state index in [1.165, 1.54) is 0 Å². The van der Waals surface area contributed by atoms with Crippen LogP contribution in [-0.4, -0.2) is 40.9 Å². The number of ketones is 1. The molecule has 7 nitrogen and oxygen atoms in total. The van der Waals surface area contributed by atoms with Gasteiger partial charge < -0.3 is 14.6 Å². The van der Waals surface area contributed by atoms with Gasteiger partial charge in [-0.05, 0) is 37.6 Å². The van der Waals surface area contributed by atoms with Gasteiger partial charge in [-0.1, -0.05) is 0 Å². The summed E-state index contributed by atoms with van der Waals surface area (Å²) in [7, 11) is 3.11. The minimum Gasteiger partial charge on any atom is -0.493 e. The SMILES string of the molecule is COc1cc2c(cc1OC)C(=O)/C(=C\c1c(C)nn(CCC(=O)O)c1C)C2. The number of allylic oxidation sites excluding steroid dienone is 1. The van der Waals surface area contributed by atoms with Crippen molar-refractivity contribution >= 4 is 17.8 Å². The van der Waals surface area contributed by atoms with Crippen LogP contribution in [0.5, 0.6) is 11.5 Å². The fourth-order valence-corrected chi connectivity index (χ4v) is 3.37. The minimum absolute atomic E-state index is 0.00192. The third-order valence-electron chi connectivity index (χ3n) is 4.82. The fraction of sp³-hybridized carbons (Fsp3) is 0.350. The smallest absolute Gasteiger partial charge is 0.305 e. The maximum atomic E-state index is 12.8. The first-order chi connectivity index (χ1) is 12.8. The average Bonchev–Trinajstić information content (AvgIpc) is 3.09. The molecule has 2 aromatic rings. The van der Waals surface area contributed by atoms with E-state index in [9.17, 15) is 9.59 Å². The molecular formula is C20H22N2O5. The lowest BCUT2D eigenvalue weighted by Gasteiger charge is -2.08. The highest BCUT2D eigenvalue weighted by Gasteiger charge is 2.28. The molecular weight excluding hydrogens is 348 g/mol. The number of methoxy groups -OCH3 is 2. The Labute approximate surface area is 157 Å². The molecule has 1 aliphatic carbocycles. The van der Waals surface area contributed by atoms with Crippen molar-refractivity contribution in [1.82, 2.24) is 9.78 Å². The van der Waals surface area contributed by atoms with E-state index in [0.717, 1.165) is 22.5 Å². The summed E-state index contributed by atoms with van der Waals surface area (Å²) in [5, 5.41) is 13.3. The van der Waals surface area contributed by atoms with Crippen LogP contribution in [-0.2, 0) is 17.8 Å². The van der Waals surface area contributed by atoms with Crippen molar-refractivity contribution < 1.29 is 24.2 Å². The van der Waals surface area contributed by atoms with Gasteiger partial charge in [0.25, 0.3) is 0 Å². The van der Waals surface area contributed by atoms with E-state index in [-0.39, 0.29) is 12.2 Å². The first kappa shape index (κ1) is 18.7. The highest BCUT2D eigenvalue weighted by molar-refractivity contribution is 6.16. The van der Waals surface area contributed by atoms with Crippen LogP contribution in [0.4, 0.5) is 0 Å². The molecule has 7 heteroatoms. The van der Waals surface area contributed by atoms with E-state index in [1.807, 2.05) is 26.0 Å². The number of nitrogens with zero attached hydrogens (tertiary/aromatic N) is 2. The van der Waals surface area contributed by atoms with Crippen LogP contribution in [0.1, 0.15) is 39.3 Å². The fourth-order valence-electron chi connectivity index (χ4n) is 3.37. The highest BCUT2D eigenvalue weighted by atomic mass is 16.5. The van der Waals surface area contributed by atoms with Crippen molar-refractivity contribution in [2.75, 3.05) is 14.2 Å². The Morgan fingerprint density at radius 3 is 2.56 bits per heavy atom. The second kappa shape index (κ2) is 7.26. The molecule has 142 valence electrons. The third-order valence-corrected chi connectivity index (χ3v) is 4.82. The number of hydrogen-bond acceptors (Lipinski definition) is 5. The molecule has 1 aromatic heterocycles. The first-order valence-corrected chi connectivity index (χ1v) is 8.61. The summed E-state index contributed by atoms with van der Waals surface area (Å²) in [6.45, 7) is 4.04. The molecule has 0 fully saturated rings. The summed E-state index contributed by atoms with van der Waals surface area (Å²) in [5.41, 5.74) is 4.66. The number of rotatable bonds is 6. The second-order valence-corrected chi connectivity index (χ2v) is 6.49. The van der Waals surface area contributed by atoms with Gasteiger partial charge in [-0.25, -0.2) is 0 Å². The van der Waals surface area contributed by atoms with Crippen LogP contribution in [0.2, 0.25) is 0 Å². The Balaban J connectivity index is 1.95. The van der Waals surface area contributed by atoms with Gasteiger partial charge in [-0.3, -0.25) is 14.3 Å². The zero-order valence-corrected chi connectivity index (χ0v) is 15.8. The molecule has 3 rings (SSSR count). The number of aromatic nitrogens is 2. The largest absolute Gasteiger partial charge is 0.493 e. The predicted molar refractivity (Wildman–Crippen MR) is 99.5 cm³/mol. The number of ether oxygens (including phenoxy) is 2. The Morgan fingerprint density at radius 1 is 1.26 bits per heavy atom. The van der Waals surface area contributed by atoms with Gasteiger partial charge in [0, 0.05) is 28.8 Å². The van der Waals surface area contributed by atoms with Crippen LogP contribution in [0.15, 0.2) is 17.7 Å². The summed E-state index contributed by atoms with van der Waals surface area (Å²) < 4.78 is 12.3. The van der Waals surface area contributed by atoms with Gasteiger partial charge in [0.2, 0.25) is 0 Å². The summed E-state index contributed by atoms with van der Waals surface area (Å²) in [6.07, 6.45) is 2.37. The van der Waals surface area contributed by atoms with Gasteiger partial charge in [0.1, 0.15) is 0 Å². The van der Waals surface area contributed by atoms with Crippen LogP contribution in [0.3, 0.4) is 0 Å². The summed E-state index contributed by atoms with van der Waals surface area (Å²) in [4.78, 5) is 23.7. The van der Waals surface area contributed by atoms with Gasteiger partial charge >= 0.3 is 5.97 Å². The number of Topliss-reactive ketones (excluding diaryl/α,β-unsaturated/α-hetero) is 1. The van der Waals surface area contributed by atoms with E-state index >= 15 is 0 Å². The molecule has 0 aliphatic heterocycles. The number of fused-ring (bicyclic) bond motifs is 1. The number of carboxylic acids is 1. The second-order valence-electron chi connectivity index (χ2n) is 6.49. The molecule has 1 aromatic carbocycles. The van der Waals surface area contributed by atoms with Gasteiger partial charge in [-0.2, -0.15) is 5.10 Å². The summed E-state index contributed by atoms with van der Waals surface area (Å²) in [6, 6.07) is 3.55. The van der Waals surface area contributed by atoms with E-state index in [2.05, 4.69) is 5.10 Å². The molecule has 1 aliphatic rings. The number of benzene rings is 1. The van der Waals surface area contributed by atoms with Crippen molar-refractivity contribution in [2.45, 2.75) is 33.2 Å². The van der Waals surface area contributed by atoms with Crippen molar-refractivity contribution in [1.29, 1.82) is 0 Å². The molecule has 0 bridgehead atoms. The van der Waals surface area contributed by atoms with Gasteiger partial charge in [0.05, 0.1) is 32.9 Å². The zero-order valence-electron chi connectivity index (χ0n) is 15.8. The van der Waals surface area contributed by atoms with Crippen molar-refractivity contribution in [3.8, 4) is 11.5 Å². The number of aliphatic carboxylic acids is 1. The monoisotopic (exact) mass is 370 g/mol. The summed E-state index contributed by atoms with van der Waals surface area (Å²) >= 11 is 0. The molecule has 0 atom stereocenters. The topological polar surface area (TPSA) is 90.7 Å². The van der Waals surface area contributed by atoms with E-state index in [1.54, 1.807) is 25.0 Å². The third kappa shape index (κ3) is 3.45. The number of carbonyl (C=O) groups excluding carboxylic acids is 1. The Morgan fingerprint density at radius 2 is 1.93 bits per heavy atom. The molecule has 0 saturated heterocycles. The van der Waals surface area contributed by atoms with Gasteiger partial charge in [-0.15, -0.1) is 0 Å². The highest BCUT2D eigenvalue weighted by Crippen LogP contribution is 2.37. The molecule has 27 heavy (non-hydrogen) atoms. The maximum absolute atomic E-state index is 12.8. The first-order valence-electron chi connectivity index (χ1n) is 8.61. The standard InChI is InChI=1S/C20H22N2O5/c1-11-15(12(2)22(21-11)6-5-19(23)24)8-14-7-13-9-17(26-3)18(27-4)10-16(13)20(14)25/h8-10H,5-7H2,1-4H3,(H,23,24)/b14-8-. The molecule has 0 amide bonds. The van der Waals surface area contributed by atoms with E-state index in [0.29, 0.717) is 35.6 Å². The number of aryl methyl sites for hydroxylation is 2. The van der Waals surface area contributed by atoms with Crippen molar-refractivity contribution in [2.24, 2.45) is 0 Å². The summed E-state index contributed by atoms with van der Waals surface area (Å²) in [5.74, 6) is 0.216. The maximum Gasteiger partial charge on any atom is 0.305 e. The van der Waals surface area contributed by atoms with Crippen LogP contribution in [0, 0.1) is 13.8 Å². The Bertz CT molecular complexity index is 956. The molecule has 1 heterocycles. The Hall–Kier alpha value is -3.09. The Kier molecular flexibility index (Phi) is 5.03. The van der Waals surface area contributed by atoms with Gasteiger partial charge in [0.15, 0.2) is 17.3 Å². The lowest BCUT2D eigenvalue weighted by atomic mass is 10.1. The van der Waals surface area contributed by atoms with E-state index in [4.69, 9.17) is 14.6 Å². The van der Waals surface area contributed by atoms with Crippen molar-refractivity contribution in [3.05, 3.63) is 45.8 Å². The number of carbonyl (C=O) groups is 2. The molecule has 0 unspecified atom stereocenters. The molecule has 0 saturated carbocycles. The molecule has 0 radical (unpaired) electrons. The number of hydrogen-bond donors (Lipinski definition) is 1. The minimum atomic E-state index is -0.869. The lowest BCUT2D eigenvalue weighted by molar-refractivity contribution is -0.137. The normalized spacial score (nSPS) is 14.5. The van der Waals surface area contributed by atoms with E-state index < -0.39 is 5.97 Å². The zero-order chi connectivity index (χ0) is 19.7. The number of carboxylic acid groups (broad SMARTS) is 1. The van der Waals surface area contributed by atoms with Crippen molar-refractivity contribution in [3.63, 3.8) is 0 Å². The lowest BCUT2D eigenvalue weighted by Crippen LogP contribution is -2.07. The predicted octanol–water partition coefficient (Wildman–Crippen LogP) is 2.81. The van der Waals surface area contributed by atoms with Crippen LogP contribution in [0.25, 0.3) is 6.08 Å². The quantitative estimate of drug-likeness (QED) is 0.787. The van der Waals surface area contributed by atoms with Crippen LogP contribution >= 0.6 is 0 Å². The molecule has 0 spiro atoms. The average molecular weight is 370 g/mol.